The number of fused-ring (bicyclic) bond motifs is 2. The number of rotatable bonds is 5. The highest BCUT2D eigenvalue weighted by molar-refractivity contribution is 9.10. The van der Waals surface area contributed by atoms with Crippen LogP contribution in [0.1, 0.15) is 39.9 Å². The smallest absolute Gasteiger partial charge is 0.336 e. The third kappa shape index (κ3) is 4.06. The number of halogens is 2. The lowest BCUT2D eigenvalue weighted by Gasteiger charge is -2.30. The molecule has 0 bridgehead atoms. The van der Waals surface area contributed by atoms with Crippen molar-refractivity contribution in [2.75, 3.05) is 7.11 Å². The fraction of sp³-hybridized carbons (Fsp3) is 0.143. The Balaban J connectivity index is 1.64. The zero-order valence-corrected chi connectivity index (χ0v) is 20.6. The lowest BCUT2D eigenvalue weighted by molar-refractivity contribution is -0.136. The third-order valence-corrected chi connectivity index (χ3v) is 6.74. The molecule has 1 aliphatic heterocycles. The van der Waals surface area contributed by atoms with Crippen LogP contribution in [0.4, 0.5) is 4.39 Å². The van der Waals surface area contributed by atoms with Crippen molar-refractivity contribution < 1.29 is 23.5 Å². The van der Waals surface area contributed by atoms with Crippen LogP contribution in [0.25, 0.3) is 5.70 Å². The maximum atomic E-state index is 13.6. The molecular weight excluding hydrogens is 513 g/mol. The van der Waals surface area contributed by atoms with Gasteiger partial charge in [0.1, 0.15) is 18.2 Å². The van der Waals surface area contributed by atoms with Crippen molar-refractivity contribution in [1.29, 1.82) is 0 Å². The van der Waals surface area contributed by atoms with Crippen LogP contribution in [-0.4, -0.2) is 18.9 Å². The van der Waals surface area contributed by atoms with E-state index in [2.05, 4.69) is 21.2 Å². The average molecular weight is 534 g/mol. The number of ether oxygens (including phenoxy) is 2. The molecule has 2 aliphatic rings. The van der Waals surface area contributed by atoms with Gasteiger partial charge in [-0.25, -0.2) is 9.18 Å². The molecule has 1 N–H and O–H groups in total. The van der Waals surface area contributed by atoms with Gasteiger partial charge in [0.15, 0.2) is 5.78 Å². The van der Waals surface area contributed by atoms with E-state index >= 15 is 0 Å². The summed E-state index contributed by atoms with van der Waals surface area (Å²) in [5.74, 6) is -1.20. The molecule has 1 heterocycles. The predicted molar refractivity (Wildman–Crippen MR) is 133 cm³/mol. The molecule has 35 heavy (non-hydrogen) atoms. The molecule has 0 aromatic heterocycles. The number of benzene rings is 3. The van der Waals surface area contributed by atoms with Crippen LogP contribution in [0.2, 0.25) is 0 Å². The summed E-state index contributed by atoms with van der Waals surface area (Å²) in [6.45, 7) is 1.99. The van der Waals surface area contributed by atoms with E-state index < -0.39 is 11.9 Å². The van der Waals surface area contributed by atoms with Gasteiger partial charge < -0.3 is 14.8 Å². The molecule has 3 aromatic carbocycles. The maximum Gasteiger partial charge on any atom is 0.336 e. The molecule has 0 radical (unpaired) electrons. The minimum atomic E-state index is -0.709. The van der Waals surface area contributed by atoms with E-state index in [-0.39, 0.29) is 18.2 Å². The van der Waals surface area contributed by atoms with Gasteiger partial charge in [-0.15, -0.1) is 0 Å². The first-order chi connectivity index (χ1) is 16.9. The number of esters is 1. The highest BCUT2D eigenvalue weighted by atomic mass is 79.9. The molecule has 3 aromatic rings. The first-order valence-corrected chi connectivity index (χ1v) is 11.8. The molecule has 0 fully saturated rings. The SMILES string of the molecule is COC(=O)C1=C(C)NC2=C(C(=O)c3ccccc32)[C@H]1c1cc(Br)ccc1OCc1ccc(F)cc1. The maximum absolute atomic E-state index is 13.6. The molecule has 1 atom stereocenters. The average Bonchev–Trinajstić information content (AvgIpc) is 3.14. The summed E-state index contributed by atoms with van der Waals surface area (Å²) in [4.78, 5) is 26.6. The number of Topliss-reactive ketones (excluding diaryl/α,β-unsaturated/α-hetero) is 1. The number of dihydropyridines is 1. The normalized spacial score (nSPS) is 16.6. The van der Waals surface area contributed by atoms with Crippen LogP contribution >= 0.6 is 15.9 Å². The van der Waals surface area contributed by atoms with E-state index in [9.17, 15) is 14.0 Å². The Morgan fingerprint density at radius 2 is 1.77 bits per heavy atom. The molecule has 0 saturated heterocycles. The topological polar surface area (TPSA) is 64.6 Å². The fourth-order valence-electron chi connectivity index (χ4n) is 4.64. The summed E-state index contributed by atoms with van der Waals surface area (Å²) in [5, 5.41) is 3.28. The number of allylic oxidation sites excluding steroid dienone is 2. The van der Waals surface area contributed by atoms with E-state index in [4.69, 9.17) is 9.47 Å². The summed E-state index contributed by atoms with van der Waals surface area (Å²) in [6, 6.07) is 18.9. The lowest BCUT2D eigenvalue weighted by atomic mass is 9.79. The highest BCUT2D eigenvalue weighted by Gasteiger charge is 2.43. The monoisotopic (exact) mass is 533 g/mol. The summed E-state index contributed by atoms with van der Waals surface area (Å²) in [6.07, 6.45) is 0. The van der Waals surface area contributed by atoms with E-state index in [1.807, 2.05) is 30.3 Å². The van der Waals surface area contributed by atoms with Gasteiger partial charge >= 0.3 is 5.97 Å². The molecule has 176 valence electrons. The van der Waals surface area contributed by atoms with E-state index in [1.54, 1.807) is 31.2 Å². The van der Waals surface area contributed by atoms with Crippen LogP contribution in [0.5, 0.6) is 5.75 Å². The molecular formula is C28H21BrFNO4. The molecule has 0 amide bonds. The fourth-order valence-corrected chi connectivity index (χ4v) is 5.02. The van der Waals surface area contributed by atoms with Crippen molar-refractivity contribution in [3.63, 3.8) is 0 Å². The Hall–Kier alpha value is -3.71. The van der Waals surface area contributed by atoms with Crippen LogP contribution in [0.15, 0.2) is 88.0 Å². The van der Waals surface area contributed by atoms with Gasteiger partial charge in [-0.2, -0.15) is 0 Å². The zero-order valence-electron chi connectivity index (χ0n) is 19.0. The van der Waals surface area contributed by atoms with Gasteiger partial charge in [0.05, 0.1) is 24.3 Å². The number of methoxy groups -OCH3 is 1. The first kappa shape index (κ1) is 23.1. The Morgan fingerprint density at radius 1 is 1.06 bits per heavy atom. The third-order valence-electron chi connectivity index (χ3n) is 6.24. The van der Waals surface area contributed by atoms with Gasteiger partial charge in [-0.1, -0.05) is 52.3 Å². The van der Waals surface area contributed by atoms with E-state index in [1.165, 1.54) is 19.2 Å². The Kier molecular flexibility index (Phi) is 6.03. The molecule has 7 heteroatoms. The number of hydrogen-bond acceptors (Lipinski definition) is 5. The Bertz CT molecular complexity index is 1430. The Labute approximate surface area is 210 Å². The number of hydrogen-bond donors (Lipinski definition) is 1. The van der Waals surface area contributed by atoms with Gasteiger partial charge in [0.2, 0.25) is 0 Å². The summed E-state index contributed by atoms with van der Waals surface area (Å²) >= 11 is 3.53. The highest BCUT2D eigenvalue weighted by Crippen LogP contribution is 2.49. The molecule has 1 aliphatic carbocycles. The second-order valence-corrected chi connectivity index (χ2v) is 9.26. The molecule has 5 rings (SSSR count). The van der Waals surface area contributed by atoms with Crippen molar-refractivity contribution in [2.45, 2.75) is 19.4 Å². The lowest BCUT2D eigenvalue weighted by Crippen LogP contribution is -2.29. The first-order valence-electron chi connectivity index (χ1n) is 11.0. The Morgan fingerprint density at radius 3 is 2.49 bits per heavy atom. The number of ketones is 1. The van der Waals surface area contributed by atoms with Crippen molar-refractivity contribution in [1.82, 2.24) is 5.32 Å². The van der Waals surface area contributed by atoms with Gasteiger partial charge in [-0.05, 0) is 42.8 Å². The minimum Gasteiger partial charge on any atom is -0.489 e. The van der Waals surface area contributed by atoms with Crippen LogP contribution in [0, 0.1) is 5.82 Å². The summed E-state index contributed by atoms with van der Waals surface area (Å²) in [7, 11) is 1.32. The van der Waals surface area contributed by atoms with Gasteiger partial charge in [-0.3, -0.25) is 4.79 Å². The van der Waals surface area contributed by atoms with Crippen LogP contribution < -0.4 is 10.1 Å². The molecule has 0 unspecified atom stereocenters. The van der Waals surface area contributed by atoms with Gasteiger partial charge in [0.25, 0.3) is 0 Å². The molecule has 0 spiro atoms. The number of nitrogens with one attached hydrogen (secondary N) is 1. The molecule has 5 nitrogen and oxygen atoms in total. The van der Waals surface area contributed by atoms with E-state index in [0.29, 0.717) is 39.4 Å². The summed E-state index contributed by atoms with van der Waals surface area (Å²) in [5.41, 5.74) is 4.92. The number of carbonyl (C=O) groups is 2. The summed E-state index contributed by atoms with van der Waals surface area (Å²) < 4.78 is 25.4. The van der Waals surface area contributed by atoms with Crippen LogP contribution in [0.3, 0.4) is 0 Å². The molecule has 0 saturated carbocycles. The predicted octanol–water partition coefficient (Wildman–Crippen LogP) is 5.91. The largest absolute Gasteiger partial charge is 0.489 e. The van der Waals surface area contributed by atoms with Crippen molar-refractivity contribution in [3.05, 3.63) is 116 Å². The second kappa shape index (κ2) is 9.15. The van der Waals surface area contributed by atoms with Crippen molar-refractivity contribution in [3.8, 4) is 5.75 Å². The van der Waals surface area contributed by atoms with Gasteiger partial charge in [0, 0.05) is 32.4 Å². The van der Waals surface area contributed by atoms with Crippen molar-refractivity contribution in [2.24, 2.45) is 0 Å². The van der Waals surface area contributed by atoms with Crippen LogP contribution in [-0.2, 0) is 16.1 Å². The number of carbonyl (C=O) groups excluding carboxylic acids is 2. The van der Waals surface area contributed by atoms with E-state index in [0.717, 1.165) is 15.6 Å². The zero-order chi connectivity index (χ0) is 24.7. The van der Waals surface area contributed by atoms with Crippen molar-refractivity contribution >= 4 is 33.4 Å². The standard InChI is InChI=1S/C28H21BrFNO4/c1-15-23(28(33)34-2)24(25-26(31-15)19-5-3-4-6-20(19)27(25)32)21-13-17(29)9-12-22(21)35-14-16-7-10-18(30)11-8-16/h3-13,24,31H,14H2,1-2H3/t24-/m0/s1. The minimum absolute atomic E-state index is 0.147. The second-order valence-electron chi connectivity index (χ2n) is 8.35. The quantitative estimate of drug-likeness (QED) is 0.413.